The van der Waals surface area contributed by atoms with E-state index in [-0.39, 0.29) is 12.2 Å². The number of nitrogens with zero attached hydrogens (tertiary/aromatic N) is 4. The summed E-state index contributed by atoms with van der Waals surface area (Å²) in [7, 11) is 3.84. The van der Waals surface area contributed by atoms with Crippen molar-refractivity contribution in [2.45, 2.75) is 13.5 Å². The first-order valence-corrected chi connectivity index (χ1v) is 7.86. The maximum absolute atomic E-state index is 10.9. The van der Waals surface area contributed by atoms with E-state index in [2.05, 4.69) is 15.1 Å². The normalized spacial score (nSPS) is 10.6. The number of carbonyl (C=O) groups is 1. The van der Waals surface area contributed by atoms with Gasteiger partial charge in [-0.05, 0) is 25.1 Å². The number of pyridine rings is 2. The highest BCUT2D eigenvalue weighted by Crippen LogP contribution is 2.26. The van der Waals surface area contributed by atoms with Gasteiger partial charge >= 0.3 is 5.97 Å². The summed E-state index contributed by atoms with van der Waals surface area (Å²) in [6, 6.07) is 6.77. The third kappa shape index (κ3) is 3.64. The summed E-state index contributed by atoms with van der Waals surface area (Å²) in [5, 5.41) is 13.0. The van der Waals surface area contributed by atoms with E-state index in [1.807, 2.05) is 31.1 Å². The number of aromatic carboxylic acids is 1. The van der Waals surface area contributed by atoms with Gasteiger partial charge < -0.3 is 19.3 Å². The second kappa shape index (κ2) is 7.22. The van der Waals surface area contributed by atoms with Crippen molar-refractivity contribution in [1.82, 2.24) is 15.1 Å². The lowest BCUT2D eigenvalue weighted by atomic mass is 10.1. The Bertz CT molecular complexity index is 902. The lowest BCUT2D eigenvalue weighted by molar-refractivity contribution is 0.0696. The number of aromatic nitrogens is 3. The monoisotopic (exact) mass is 354 g/mol. The summed E-state index contributed by atoms with van der Waals surface area (Å²) in [6.07, 6.45) is 2.99. The molecule has 0 radical (unpaired) electrons. The average molecular weight is 354 g/mol. The van der Waals surface area contributed by atoms with E-state index in [1.54, 1.807) is 13.1 Å². The van der Waals surface area contributed by atoms with Crippen LogP contribution < -0.4 is 9.64 Å². The minimum atomic E-state index is -1.03. The molecule has 0 saturated heterocycles. The van der Waals surface area contributed by atoms with Gasteiger partial charge in [0.2, 0.25) is 5.88 Å². The van der Waals surface area contributed by atoms with Gasteiger partial charge in [0.15, 0.2) is 0 Å². The Hall–Kier alpha value is -3.42. The van der Waals surface area contributed by atoms with E-state index in [0.29, 0.717) is 17.3 Å². The first kappa shape index (κ1) is 17.4. The van der Waals surface area contributed by atoms with Crippen molar-refractivity contribution in [2.75, 3.05) is 19.0 Å². The molecular formula is C18H18N4O4. The highest BCUT2D eigenvalue weighted by molar-refractivity contribution is 5.87. The molecule has 0 aliphatic carbocycles. The van der Waals surface area contributed by atoms with Crippen molar-refractivity contribution in [2.24, 2.45) is 0 Å². The van der Waals surface area contributed by atoms with Gasteiger partial charge in [-0.25, -0.2) is 14.8 Å². The Balaban J connectivity index is 1.78. The maximum Gasteiger partial charge on any atom is 0.337 e. The first-order chi connectivity index (χ1) is 12.5. The summed E-state index contributed by atoms with van der Waals surface area (Å²) in [5.41, 5.74) is 2.36. The molecule has 0 saturated carbocycles. The SMILES string of the molecule is Cc1onc(-c2ccc(N(C)C)nc2)c1COc1ccc(C(=O)O)cn1. The van der Waals surface area contributed by atoms with Crippen molar-refractivity contribution in [3.63, 3.8) is 0 Å². The van der Waals surface area contributed by atoms with Gasteiger partial charge in [-0.2, -0.15) is 0 Å². The van der Waals surface area contributed by atoms with Crippen molar-refractivity contribution in [1.29, 1.82) is 0 Å². The molecular weight excluding hydrogens is 336 g/mol. The molecule has 0 spiro atoms. The van der Waals surface area contributed by atoms with Crippen molar-refractivity contribution >= 4 is 11.8 Å². The Labute approximate surface area is 150 Å². The second-order valence-electron chi connectivity index (χ2n) is 5.84. The van der Waals surface area contributed by atoms with Gasteiger partial charge in [0.25, 0.3) is 0 Å². The van der Waals surface area contributed by atoms with Crippen molar-refractivity contribution in [3.05, 3.63) is 53.5 Å². The minimum Gasteiger partial charge on any atom is -0.478 e. The van der Waals surface area contributed by atoms with Crippen LogP contribution in [0.2, 0.25) is 0 Å². The lowest BCUT2D eigenvalue weighted by Crippen LogP contribution is -2.10. The van der Waals surface area contributed by atoms with Gasteiger partial charge in [0.1, 0.15) is 23.9 Å². The van der Waals surface area contributed by atoms with E-state index in [1.165, 1.54) is 18.3 Å². The quantitative estimate of drug-likeness (QED) is 0.721. The van der Waals surface area contributed by atoms with Crippen LogP contribution in [0, 0.1) is 6.92 Å². The second-order valence-corrected chi connectivity index (χ2v) is 5.84. The molecule has 1 N–H and O–H groups in total. The molecule has 3 heterocycles. The average Bonchev–Trinajstić information content (AvgIpc) is 3.01. The Kier molecular flexibility index (Phi) is 4.83. The summed E-state index contributed by atoms with van der Waals surface area (Å²) >= 11 is 0. The maximum atomic E-state index is 10.9. The number of rotatable bonds is 6. The van der Waals surface area contributed by atoms with Gasteiger partial charge in [0.05, 0.1) is 11.1 Å². The van der Waals surface area contributed by atoms with Crippen LogP contribution >= 0.6 is 0 Å². The number of ether oxygens (including phenoxy) is 1. The molecule has 0 unspecified atom stereocenters. The molecule has 8 heteroatoms. The summed E-state index contributed by atoms with van der Waals surface area (Å²) in [5.74, 6) is 0.769. The topological polar surface area (TPSA) is 102 Å². The fourth-order valence-electron chi connectivity index (χ4n) is 2.32. The van der Waals surface area contributed by atoms with Crippen LogP contribution in [-0.4, -0.2) is 40.3 Å². The van der Waals surface area contributed by atoms with Crippen LogP contribution in [0.4, 0.5) is 5.82 Å². The highest BCUT2D eigenvalue weighted by Gasteiger charge is 2.16. The standard InChI is InChI=1S/C18H18N4O4/c1-11-14(10-25-16-7-5-13(9-20-16)18(23)24)17(21-26-11)12-4-6-15(19-8-12)22(2)3/h4-9H,10H2,1-3H3,(H,23,24). The van der Waals surface area contributed by atoms with E-state index < -0.39 is 5.97 Å². The van der Waals surface area contributed by atoms with Gasteiger partial charge in [0, 0.05) is 38.1 Å². The minimum absolute atomic E-state index is 0.103. The van der Waals surface area contributed by atoms with Crippen LogP contribution in [-0.2, 0) is 6.61 Å². The van der Waals surface area contributed by atoms with E-state index in [0.717, 1.165) is 16.9 Å². The van der Waals surface area contributed by atoms with E-state index in [9.17, 15) is 4.79 Å². The third-order valence-electron chi connectivity index (χ3n) is 3.81. The highest BCUT2D eigenvalue weighted by atomic mass is 16.5. The molecule has 0 aromatic carbocycles. The molecule has 3 aromatic heterocycles. The molecule has 0 aliphatic rings. The van der Waals surface area contributed by atoms with Crippen LogP contribution in [0.3, 0.4) is 0 Å². The largest absolute Gasteiger partial charge is 0.478 e. The smallest absolute Gasteiger partial charge is 0.337 e. The number of carboxylic acids is 1. The molecule has 0 fully saturated rings. The molecule has 8 nitrogen and oxygen atoms in total. The van der Waals surface area contributed by atoms with Gasteiger partial charge in [-0.3, -0.25) is 0 Å². The molecule has 3 aromatic rings. The first-order valence-electron chi connectivity index (χ1n) is 7.86. The zero-order valence-corrected chi connectivity index (χ0v) is 14.6. The molecule has 134 valence electrons. The Morgan fingerprint density at radius 3 is 2.58 bits per heavy atom. The van der Waals surface area contributed by atoms with Crippen LogP contribution in [0.1, 0.15) is 21.7 Å². The predicted octanol–water partition coefficient (Wildman–Crippen LogP) is 2.78. The molecule has 0 atom stereocenters. The number of hydrogen-bond acceptors (Lipinski definition) is 7. The van der Waals surface area contributed by atoms with Crippen molar-refractivity contribution in [3.8, 4) is 17.1 Å². The molecule has 0 aliphatic heterocycles. The number of aryl methyl sites for hydroxylation is 1. The predicted molar refractivity (Wildman–Crippen MR) is 94.3 cm³/mol. The molecule has 0 bridgehead atoms. The summed E-state index contributed by atoms with van der Waals surface area (Å²) in [4.78, 5) is 21.1. The zero-order valence-electron chi connectivity index (χ0n) is 14.6. The summed E-state index contributed by atoms with van der Waals surface area (Å²) < 4.78 is 11.0. The number of hydrogen-bond donors (Lipinski definition) is 1. The van der Waals surface area contributed by atoms with Crippen LogP contribution in [0.25, 0.3) is 11.3 Å². The lowest BCUT2D eigenvalue weighted by Gasteiger charge is -2.11. The van der Waals surface area contributed by atoms with Crippen molar-refractivity contribution < 1.29 is 19.2 Å². The fraction of sp³-hybridized carbons (Fsp3) is 0.222. The number of carboxylic acid groups (broad SMARTS) is 1. The zero-order chi connectivity index (χ0) is 18.7. The van der Waals surface area contributed by atoms with E-state index >= 15 is 0 Å². The van der Waals surface area contributed by atoms with Gasteiger partial charge in [-0.1, -0.05) is 5.16 Å². The Morgan fingerprint density at radius 1 is 1.19 bits per heavy atom. The molecule has 3 rings (SSSR count). The molecule has 26 heavy (non-hydrogen) atoms. The van der Waals surface area contributed by atoms with E-state index in [4.69, 9.17) is 14.4 Å². The van der Waals surface area contributed by atoms with Crippen LogP contribution in [0.15, 0.2) is 41.2 Å². The Morgan fingerprint density at radius 2 is 2.00 bits per heavy atom. The third-order valence-corrected chi connectivity index (χ3v) is 3.81. The fourth-order valence-corrected chi connectivity index (χ4v) is 2.32. The summed E-state index contributed by atoms with van der Waals surface area (Å²) in [6.45, 7) is 2.00. The molecule has 0 amide bonds. The number of anilines is 1. The van der Waals surface area contributed by atoms with Crippen LogP contribution in [0.5, 0.6) is 5.88 Å². The van der Waals surface area contributed by atoms with Gasteiger partial charge in [-0.15, -0.1) is 0 Å².